The van der Waals surface area contributed by atoms with Gasteiger partial charge in [-0.25, -0.2) is 4.39 Å². The van der Waals surface area contributed by atoms with Crippen LogP contribution in [0.25, 0.3) is 11.1 Å². The molecule has 0 aliphatic carbocycles. The Balaban J connectivity index is 1.69. The van der Waals surface area contributed by atoms with Crippen molar-refractivity contribution in [3.63, 3.8) is 0 Å². The Morgan fingerprint density at radius 3 is 2.37 bits per heavy atom. The number of nitrogens with zero attached hydrogens (tertiary/aromatic N) is 1. The molecule has 1 fully saturated rings. The van der Waals surface area contributed by atoms with Gasteiger partial charge in [0.1, 0.15) is 12.8 Å². The summed E-state index contributed by atoms with van der Waals surface area (Å²) in [6.07, 6.45) is -1.87. The van der Waals surface area contributed by atoms with E-state index >= 15 is 0 Å². The fourth-order valence-electron chi connectivity index (χ4n) is 2.88. The van der Waals surface area contributed by atoms with Crippen molar-refractivity contribution >= 4 is 5.91 Å². The lowest BCUT2D eigenvalue weighted by atomic mass is 9.98. The maximum atomic E-state index is 13.1. The fourth-order valence-corrected chi connectivity index (χ4v) is 2.88. The summed E-state index contributed by atoms with van der Waals surface area (Å²) in [7, 11) is 0. The SMILES string of the molecule is O=C(N[C@H](CF)[C@H](O)c1ccc(-c2ccc(C3CCN3)nc2)cc1)C(F)F. The largest absolute Gasteiger partial charge is 0.386 e. The van der Waals surface area contributed by atoms with Gasteiger partial charge in [-0.2, -0.15) is 8.78 Å². The van der Waals surface area contributed by atoms with Crippen LogP contribution in [0.2, 0.25) is 0 Å². The molecule has 3 N–H and O–H groups in total. The predicted molar refractivity (Wildman–Crippen MR) is 93.9 cm³/mol. The van der Waals surface area contributed by atoms with Crippen molar-refractivity contribution in [3.05, 3.63) is 53.9 Å². The number of carbonyl (C=O) groups is 1. The molecular formula is C19H20F3N3O2. The molecule has 1 saturated heterocycles. The van der Waals surface area contributed by atoms with Gasteiger partial charge in [0.05, 0.1) is 17.8 Å². The summed E-state index contributed by atoms with van der Waals surface area (Å²) < 4.78 is 37.7. The van der Waals surface area contributed by atoms with Crippen molar-refractivity contribution < 1.29 is 23.1 Å². The number of nitrogens with one attached hydrogen (secondary N) is 2. The first-order chi connectivity index (χ1) is 13.0. The van der Waals surface area contributed by atoms with E-state index in [4.69, 9.17) is 0 Å². The molecular weight excluding hydrogens is 359 g/mol. The average molecular weight is 379 g/mol. The van der Waals surface area contributed by atoms with Crippen LogP contribution in [-0.2, 0) is 4.79 Å². The second kappa shape index (κ2) is 8.49. The van der Waals surface area contributed by atoms with Gasteiger partial charge in [0.15, 0.2) is 0 Å². The molecule has 144 valence electrons. The molecule has 0 radical (unpaired) electrons. The zero-order chi connectivity index (χ0) is 19.4. The minimum Gasteiger partial charge on any atom is -0.386 e. The van der Waals surface area contributed by atoms with E-state index in [-0.39, 0.29) is 0 Å². The number of aliphatic hydroxyl groups excluding tert-OH is 1. The normalized spacial score (nSPS) is 18.6. The Labute approximate surface area is 154 Å². The van der Waals surface area contributed by atoms with Gasteiger partial charge in [0.2, 0.25) is 0 Å². The maximum Gasteiger partial charge on any atom is 0.315 e. The van der Waals surface area contributed by atoms with Crippen LogP contribution in [0.4, 0.5) is 13.2 Å². The van der Waals surface area contributed by atoms with Crippen LogP contribution in [0.3, 0.4) is 0 Å². The van der Waals surface area contributed by atoms with Crippen molar-refractivity contribution in [2.24, 2.45) is 0 Å². The molecule has 1 amide bonds. The number of hydrogen-bond donors (Lipinski definition) is 3. The number of aliphatic hydroxyl groups is 1. The summed E-state index contributed by atoms with van der Waals surface area (Å²) in [6.45, 7) is -0.169. The third-order valence-corrected chi connectivity index (χ3v) is 4.63. The molecule has 1 aromatic heterocycles. The number of amides is 1. The highest BCUT2D eigenvalue weighted by molar-refractivity contribution is 5.79. The molecule has 1 aliphatic rings. The molecule has 3 atom stereocenters. The van der Waals surface area contributed by atoms with Gasteiger partial charge in [-0.05, 0) is 30.2 Å². The number of hydrogen-bond acceptors (Lipinski definition) is 4. The Hall–Kier alpha value is -2.45. The number of carbonyl (C=O) groups excluding carboxylic acids is 1. The van der Waals surface area contributed by atoms with Gasteiger partial charge >= 0.3 is 6.43 Å². The lowest BCUT2D eigenvalue weighted by molar-refractivity contribution is -0.133. The lowest BCUT2D eigenvalue weighted by Crippen LogP contribution is -2.43. The Morgan fingerprint density at radius 1 is 1.22 bits per heavy atom. The molecule has 0 spiro atoms. The molecule has 27 heavy (non-hydrogen) atoms. The van der Waals surface area contributed by atoms with Crippen LogP contribution in [0.5, 0.6) is 0 Å². The van der Waals surface area contributed by atoms with Crippen LogP contribution < -0.4 is 10.6 Å². The highest BCUT2D eigenvalue weighted by Crippen LogP contribution is 2.26. The number of aromatic nitrogens is 1. The summed E-state index contributed by atoms with van der Waals surface area (Å²) >= 11 is 0. The topological polar surface area (TPSA) is 74.2 Å². The maximum absolute atomic E-state index is 13.1. The quantitative estimate of drug-likeness (QED) is 0.691. The smallest absolute Gasteiger partial charge is 0.315 e. The summed E-state index contributed by atoms with van der Waals surface area (Å²) in [5, 5.41) is 15.3. The summed E-state index contributed by atoms with van der Waals surface area (Å²) in [4.78, 5) is 15.5. The Morgan fingerprint density at radius 2 is 1.89 bits per heavy atom. The lowest BCUT2D eigenvalue weighted by Gasteiger charge is -2.27. The molecule has 2 heterocycles. The van der Waals surface area contributed by atoms with E-state index in [2.05, 4.69) is 10.3 Å². The van der Waals surface area contributed by atoms with Gasteiger partial charge in [-0.15, -0.1) is 0 Å². The number of rotatable bonds is 7. The standard InChI is InChI=1S/C19H20F3N3O2/c20-9-16(25-19(27)18(21)22)17(26)12-3-1-11(2-4-12)13-5-6-14(24-10-13)15-7-8-23-15/h1-6,10,15-18,23,26H,7-9H2,(H,25,27)/t15?,16-,17-/m1/s1. The van der Waals surface area contributed by atoms with Gasteiger partial charge in [-0.3, -0.25) is 9.78 Å². The van der Waals surface area contributed by atoms with Crippen LogP contribution in [0.15, 0.2) is 42.6 Å². The fraction of sp³-hybridized carbons (Fsp3) is 0.368. The monoisotopic (exact) mass is 379 g/mol. The van der Waals surface area contributed by atoms with Crippen LogP contribution in [0, 0.1) is 0 Å². The zero-order valence-corrected chi connectivity index (χ0v) is 14.4. The van der Waals surface area contributed by atoms with Gasteiger partial charge in [-0.1, -0.05) is 30.3 Å². The minimum atomic E-state index is -3.26. The molecule has 1 aliphatic heterocycles. The second-order valence-electron chi connectivity index (χ2n) is 6.40. The Bertz CT molecular complexity index is 765. The van der Waals surface area contributed by atoms with E-state index in [1.165, 1.54) is 0 Å². The van der Waals surface area contributed by atoms with Gasteiger partial charge in [0, 0.05) is 11.8 Å². The molecule has 0 saturated carbocycles. The van der Waals surface area contributed by atoms with Gasteiger partial charge in [0.25, 0.3) is 5.91 Å². The zero-order valence-electron chi connectivity index (χ0n) is 14.4. The van der Waals surface area contributed by atoms with E-state index in [0.29, 0.717) is 11.6 Å². The summed E-state index contributed by atoms with van der Waals surface area (Å²) in [5.41, 5.74) is 3.03. The van der Waals surface area contributed by atoms with Crippen molar-refractivity contribution in [2.75, 3.05) is 13.2 Å². The number of pyridine rings is 1. The first kappa shape index (κ1) is 19.3. The average Bonchev–Trinajstić information content (AvgIpc) is 2.64. The summed E-state index contributed by atoms with van der Waals surface area (Å²) in [6, 6.07) is 9.35. The molecule has 1 aromatic carbocycles. The summed E-state index contributed by atoms with van der Waals surface area (Å²) in [5.74, 6) is -1.61. The number of alkyl halides is 3. The molecule has 3 rings (SSSR count). The highest BCUT2D eigenvalue weighted by atomic mass is 19.3. The third kappa shape index (κ3) is 4.45. The van der Waals surface area contributed by atoms with Crippen molar-refractivity contribution in [1.82, 2.24) is 15.6 Å². The van der Waals surface area contributed by atoms with Crippen LogP contribution >= 0.6 is 0 Å². The molecule has 8 heteroatoms. The van der Waals surface area contributed by atoms with E-state index in [0.717, 1.165) is 29.8 Å². The highest BCUT2D eigenvalue weighted by Gasteiger charge is 2.26. The van der Waals surface area contributed by atoms with E-state index in [1.54, 1.807) is 30.5 Å². The third-order valence-electron chi connectivity index (χ3n) is 4.63. The van der Waals surface area contributed by atoms with E-state index in [1.807, 2.05) is 17.4 Å². The van der Waals surface area contributed by atoms with Gasteiger partial charge < -0.3 is 15.7 Å². The molecule has 2 aromatic rings. The first-order valence-corrected chi connectivity index (χ1v) is 8.62. The van der Waals surface area contributed by atoms with Crippen molar-refractivity contribution in [3.8, 4) is 11.1 Å². The van der Waals surface area contributed by atoms with Crippen molar-refractivity contribution in [2.45, 2.75) is 31.0 Å². The first-order valence-electron chi connectivity index (χ1n) is 8.62. The van der Waals surface area contributed by atoms with E-state index in [9.17, 15) is 23.1 Å². The predicted octanol–water partition coefficient (Wildman–Crippen LogP) is 2.54. The number of benzene rings is 1. The molecule has 5 nitrogen and oxygen atoms in total. The van der Waals surface area contributed by atoms with Crippen LogP contribution in [-0.4, -0.2) is 41.7 Å². The minimum absolute atomic E-state index is 0.303. The van der Waals surface area contributed by atoms with Crippen LogP contribution in [0.1, 0.15) is 29.8 Å². The van der Waals surface area contributed by atoms with E-state index < -0.39 is 31.2 Å². The number of halogens is 3. The molecule has 0 bridgehead atoms. The second-order valence-corrected chi connectivity index (χ2v) is 6.40. The Kier molecular flexibility index (Phi) is 6.08. The molecule has 1 unspecified atom stereocenters. The van der Waals surface area contributed by atoms with Crippen molar-refractivity contribution in [1.29, 1.82) is 0 Å².